The fourth-order valence-electron chi connectivity index (χ4n) is 1.96. The molecule has 2 rings (SSSR count). The Hall–Kier alpha value is -0.800. The van der Waals surface area contributed by atoms with E-state index in [9.17, 15) is 0 Å². The largest absolute Gasteiger partial charge is 0.370 e. The van der Waals surface area contributed by atoms with E-state index >= 15 is 0 Å². The standard InChI is InChI=1S/C12H15ClN2S/c1-8-6-12(16)15(3)10-5-4-9(13)7-11(10)14(8)2/h4-5,7-8H,6H2,1-3H3/t8-/m0/s1. The highest BCUT2D eigenvalue weighted by Crippen LogP contribution is 2.35. The van der Waals surface area contributed by atoms with Crippen LogP contribution in [0.15, 0.2) is 18.2 Å². The van der Waals surface area contributed by atoms with Crippen LogP contribution >= 0.6 is 23.8 Å². The molecule has 16 heavy (non-hydrogen) atoms. The predicted molar refractivity (Wildman–Crippen MR) is 74.9 cm³/mol. The van der Waals surface area contributed by atoms with Crippen LogP contribution in [0.1, 0.15) is 13.3 Å². The van der Waals surface area contributed by atoms with E-state index in [0.717, 1.165) is 27.8 Å². The Labute approximate surface area is 107 Å². The predicted octanol–water partition coefficient (Wildman–Crippen LogP) is 3.33. The number of hydrogen-bond acceptors (Lipinski definition) is 2. The zero-order valence-corrected chi connectivity index (χ0v) is 11.3. The first kappa shape index (κ1) is 11.7. The van der Waals surface area contributed by atoms with Crippen molar-refractivity contribution in [1.82, 2.24) is 0 Å². The zero-order valence-electron chi connectivity index (χ0n) is 9.70. The molecule has 0 spiro atoms. The first-order valence-corrected chi connectivity index (χ1v) is 6.08. The topological polar surface area (TPSA) is 6.48 Å². The summed E-state index contributed by atoms with van der Waals surface area (Å²) in [6.45, 7) is 2.18. The average molecular weight is 255 g/mol. The Morgan fingerprint density at radius 1 is 1.31 bits per heavy atom. The Kier molecular flexibility index (Phi) is 3.08. The van der Waals surface area contributed by atoms with Crippen LogP contribution in [0.4, 0.5) is 11.4 Å². The number of nitrogens with zero attached hydrogens (tertiary/aromatic N) is 2. The van der Waals surface area contributed by atoms with Crippen LogP contribution in [-0.4, -0.2) is 25.1 Å². The summed E-state index contributed by atoms with van der Waals surface area (Å²) in [4.78, 5) is 5.28. The fourth-order valence-corrected chi connectivity index (χ4v) is 2.47. The minimum atomic E-state index is 0.398. The van der Waals surface area contributed by atoms with Gasteiger partial charge in [-0.2, -0.15) is 0 Å². The van der Waals surface area contributed by atoms with Crippen LogP contribution in [0, 0.1) is 0 Å². The quantitative estimate of drug-likeness (QED) is 0.656. The van der Waals surface area contributed by atoms with Crippen molar-refractivity contribution in [3.8, 4) is 0 Å². The second kappa shape index (κ2) is 4.22. The van der Waals surface area contributed by atoms with Gasteiger partial charge in [-0.1, -0.05) is 23.8 Å². The molecule has 0 amide bonds. The van der Waals surface area contributed by atoms with Crippen molar-refractivity contribution >= 4 is 40.2 Å². The van der Waals surface area contributed by atoms with Gasteiger partial charge in [0.2, 0.25) is 0 Å². The number of hydrogen-bond donors (Lipinski definition) is 0. The number of anilines is 2. The van der Waals surface area contributed by atoms with E-state index in [0.29, 0.717) is 6.04 Å². The number of fused-ring (bicyclic) bond motifs is 1. The third-order valence-electron chi connectivity index (χ3n) is 3.18. The van der Waals surface area contributed by atoms with E-state index in [-0.39, 0.29) is 0 Å². The van der Waals surface area contributed by atoms with E-state index in [1.165, 1.54) is 0 Å². The van der Waals surface area contributed by atoms with Gasteiger partial charge in [-0.3, -0.25) is 0 Å². The third-order valence-corrected chi connectivity index (χ3v) is 3.86. The summed E-state index contributed by atoms with van der Waals surface area (Å²) in [6.07, 6.45) is 0.897. The van der Waals surface area contributed by atoms with Crippen molar-refractivity contribution in [3.63, 3.8) is 0 Å². The highest BCUT2D eigenvalue weighted by atomic mass is 35.5. The summed E-state index contributed by atoms with van der Waals surface area (Å²) < 4.78 is 0. The van der Waals surface area contributed by atoms with Gasteiger partial charge >= 0.3 is 0 Å². The lowest BCUT2D eigenvalue weighted by Crippen LogP contribution is -2.30. The molecular formula is C12H15ClN2S. The monoisotopic (exact) mass is 254 g/mol. The Balaban J connectivity index is 2.57. The maximum Gasteiger partial charge on any atom is 0.0842 e. The third kappa shape index (κ3) is 1.89. The van der Waals surface area contributed by atoms with E-state index < -0.39 is 0 Å². The first-order chi connectivity index (χ1) is 7.50. The first-order valence-electron chi connectivity index (χ1n) is 5.29. The van der Waals surface area contributed by atoms with E-state index in [1.807, 2.05) is 25.2 Å². The molecule has 0 fully saturated rings. The number of rotatable bonds is 0. The maximum atomic E-state index is 6.05. The molecule has 1 atom stereocenters. The van der Waals surface area contributed by atoms with Gasteiger partial charge in [-0.25, -0.2) is 0 Å². The van der Waals surface area contributed by atoms with Gasteiger partial charge in [-0.05, 0) is 25.1 Å². The zero-order chi connectivity index (χ0) is 11.9. The van der Waals surface area contributed by atoms with Crippen molar-refractivity contribution in [2.24, 2.45) is 0 Å². The summed E-state index contributed by atoms with van der Waals surface area (Å²) in [5, 5.41) is 0.763. The van der Waals surface area contributed by atoms with Crippen LogP contribution in [0.25, 0.3) is 0 Å². The lowest BCUT2D eigenvalue weighted by atomic mass is 10.2. The summed E-state index contributed by atoms with van der Waals surface area (Å²) in [6, 6.07) is 6.33. The average Bonchev–Trinajstić information content (AvgIpc) is 2.32. The Morgan fingerprint density at radius 2 is 2.00 bits per heavy atom. The molecule has 86 valence electrons. The fraction of sp³-hybridized carbons (Fsp3) is 0.417. The number of halogens is 1. The second-order valence-corrected chi connectivity index (χ2v) is 5.16. The van der Waals surface area contributed by atoms with Crippen molar-refractivity contribution in [2.75, 3.05) is 23.9 Å². The summed E-state index contributed by atoms with van der Waals surface area (Å²) in [5.74, 6) is 0. The molecule has 0 aliphatic carbocycles. The molecule has 1 aliphatic heterocycles. The number of benzene rings is 1. The van der Waals surface area contributed by atoms with Crippen molar-refractivity contribution in [2.45, 2.75) is 19.4 Å². The van der Waals surface area contributed by atoms with Crippen LogP contribution in [0.3, 0.4) is 0 Å². The summed E-state index contributed by atoms with van der Waals surface area (Å²) in [5.41, 5.74) is 2.27. The smallest absolute Gasteiger partial charge is 0.0842 e. The molecule has 2 nitrogen and oxygen atoms in total. The summed E-state index contributed by atoms with van der Waals surface area (Å²) >= 11 is 11.5. The highest BCUT2D eigenvalue weighted by molar-refractivity contribution is 7.80. The normalized spacial score (nSPS) is 20.8. The van der Waals surface area contributed by atoms with E-state index in [2.05, 4.69) is 23.8 Å². The molecule has 0 saturated heterocycles. The molecular weight excluding hydrogens is 240 g/mol. The molecule has 4 heteroatoms. The molecule has 0 bridgehead atoms. The SMILES string of the molecule is C[C@H]1CC(=S)N(C)c2ccc(Cl)cc2N1C. The van der Waals surface area contributed by atoms with Gasteiger partial charge in [0.25, 0.3) is 0 Å². The van der Waals surface area contributed by atoms with Crippen LogP contribution in [-0.2, 0) is 0 Å². The molecule has 1 aromatic rings. The van der Waals surface area contributed by atoms with Gasteiger partial charge in [0.1, 0.15) is 0 Å². The van der Waals surface area contributed by atoms with E-state index in [4.69, 9.17) is 23.8 Å². The number of thiocarbonyl (C=S) groups is 1. The van der Waals surface area contributed by atoms with Gasteiger partial charge in [0.15, 0.2) is 0 Å². The molecule has 0 saturated carbocycles. The maximum absolute atomic E-state index is 6.05. The van der Waals surface area contributed by atoms with Crippen LogP contribution in [0.2, 0.25) is 5.02 Å². The van der Waals surface area contributed by atoms with Gasteiger partial charge in [0, 0.05) is 31.6 Å². The Bertz CT molecular complexity index is 433. The molecule has 0 aromatic heterocycles. The van der Waals surface area contributed by atoms with Crippen LogP contribution < -0.4 is 9.80 Å². The summed E-state index contributed by atoms with van der Waals surface area (Å²) in [7, 11) is 4.10. The van der Waals surface area contributed by atoms with Crippen molar-refractivity contribution < 1.29 is 0 Å². The van der Waals surface area contributed by atoms with Gasteiger partial charge in [-0.15, -0.1) is 0 Å². The van der Waals surface area contributed by atoms with E-state index in [1.54, 1.807) is 0 Å². The molecule has 1 aromatic carbocycles. The van der Waals surface area contributed by atoms with Crippen LogP contribution in [0.5, 0.6) is 0 Å². The second-order valence-electron chi connectivity index (χ2n) is 4.25. The molecule has 0 N–H and O–H groups in total. The van der Waals surface area contributed by atoms with Crippen molar-refractivity contribution in [3.05, 3.63) is 23.2 Å². The Morgan fingerprint density at radius 3 is 2.69 bits per heavy atom. The minimum absolute atomic E-state index is 0.398. The molecule has 1 heterocycles. The van der Waals surface area contributed by atoms with Gasteiger partial charge in [0.05, 0.1) is 16.4 Å². The van der Waals surface area contributed by atoms with Gasteiger partial charge < -0.3 is 9.80 Å². The van der Waals surface area contributed by atoms with Crippen molar-refractivity contribution in [1.29, 1.82) is 0 Å². The lowest BCUT2D eigenvalue weighted by molar-refractivity contribution is 0.721. The highest BCUT2D eigenvalue weighted by Gasteiger charge is 2.24. The molecule has 0 unspecified atom stereocenters. The molecule has 1 aliphatic rings. The molecule has 0 radical (unpaired) electrons. The minimum Gasteiger partial charge on any atom is -0.370 e. The lowest BCUT2D eigenvalue weighted by Gasteiger charge is -2.25.